The molecule has 5 nitrogen and oxygen atoms in total. The lowest BCUT2D eigenvalue weighted by Crippen LogP contribution is -2.35. The summed E-state index contributed by atoms with van der Waals surface area (Å²) in [6.07, 6.45) is 7.67. The van der Waals surface area contributed by atoms with E-state index in [1.54, 1.807) is 11.3 Å². The predicted molar refractivity (Wildman–Crippen MR) is 126 cm³/mol. The van der Waals surface area contributed by atoms with E-state index in [9.17, 15) is 10.1 Å². The average molecular weight is 437 g/mol. The molecule has 2 aromatic rings. The average Bonchev–Trinajstić information content (AvgIpc) is 2.95. The zero-order chi connectivity index (χ0) is 21.6. The van der Waals surface area contributed by atoms with Crippen molar-refractivity contribution in [2.24, 2.45) is 0 Å². The first-order valence-electron chi connectivity index (χ1n) is 11.4. The molecule has 4 rings (SSSR count). The molecule has 1 atom stereocenters. The number of hydrogen-bond acceptors (Lipinski definition) is 5. The number of carbonyl (C=O) groups excluding carboxylic acids is 1. The molecule has 1 aliphatic carbocycles. The Morgan fingerprint density at radius 3 is 2.81 bits per heavy atom. The number of anilines is 1. The van der Waals surface area contributed by atoms with Gasteiger partial charge in [-0.3, -0.25) is 14.6 Å². The van der Waals surface area contributed by atoms with Crippen molar-refractivity contribution in [3.05, 3.63) is 51.9 Å². The van der Waals surface area contributed by atoms with E-state index >= 15 is 0 Å². The molecule has 0 saturated carbocycles. The number of amides is 1. The molecule has 1 N–H and O–H groups in total. The van der Waals surface area contributed by atoms with Crippen LogP contribution in [-0.4, -0.2) is 48.4 Å². The van der Waals surface area contributed by atoms with Crippen LogP contribution in [-0.2, 0) is 24.2 Å². The number of rotatable bonds is 6. The summed E-state index contributed by atoms with van der Waals surface area (Å²) in [5.74, 6) is 0.00573. The number of aryl methyl sites for hydroxylation is 1. The number of thiophene rings is 1. The molecule has 1 saturated heterocycles. The molecule has 0 radical (unpaired) electrons. The Labute approximate surface area is 189 Å². The van der Waals surface area contributed by atoms with Crippen LogP contribution >= 0.6 is 11.3 Å². The predicted octanol–water partition coefficient (Wildman–Crippen LogP) is 4.42. The summed E-state index contributed by atoms with van der Waals surface area (Å²) in [5.41, 5.74) is 3.22. The Balaban J connectivity index is 1.30. The van der Waals surface area contributed by atoms with Gasteiger partial charge in [-0.2, -0.15) is 5.26 Å². The number of nitrogens with one attached hydrogen (secondary N) is 1. The van der Waals surface area contributed by atoms with Crippen molar-refractivity contribution < 1.29 is 4.79 Å². The molecule has 2 aliphatic rings. The van der Waals surface area contributed by atoms with Gasteiger partial charge < -0.3 is 5.32 Å². The lowest BCUT2D eigenvalue weighted by molar-refractivity contribution is -0.117. The molecule has 1 aromatic carbocycles. The van der Waals surface area contributed by atoms with Crippen molar-refractivity contribution in [1.82, 2.24) is 9.80 Å². The third-order valence-corrected chi connectivity index (χ3v) is 7.80. The van der Waals surface area contributed by atoms with Crippen LogP contribution in [0.25, 0.3) is 0 Å². The standard InChI is InChI=1S/C25H32N4OS/c1-28(17-19-8-3-2-4-9-19)20-10-7-14-29(15-13-20)18-24(30)27-25-22(16-26)21-11-5-6-12-23(21)31-25/h2-4,8-9,20H,5-7,10-15,17-18H2,1H3,(H,27,30). The lowest BCUT2D eigenvalue weighted by atomic mass is 9.96. The molecule has 164 valence electrons. The highest BCUT2D eigenvalue weighted by molar-refractivity contribution is 7.16. The topological polar surface area (TPSA) is 59.4 Å². The van der Waals surface area contributed by atoms with Crippen LogP contribution in [0.5, 0.6) is 0 Å². The molecule has 1 aliphatic heterocycles. The van der Waals surface area contributed by atoms with Crippen LogP contribution in [0.4, 0.5) is 5.00 Å². The van der Waals surface area contributed by atoms with Crippen molar-refractivity contribution in [1.29, 1.82) is 5.26 Å². The number of benzene rings is 1. The number of nitrogens with zero attached hydrogens (tertiary/aromatic N) is 3. The molecule has 0 spiro atoms. The van der Waals surface area contributed by atoms with Crippen LogP contribution < -0.4 is 5.32 Å². The first-order chi connectivity index (χ1) is 15.1. The second-order valence-electron chi connectivity index (χ2n) is 8.84. The number of hydrogen-bond donors (Lipinski definition) is 1. The normalized spacial score (nSPS) is 19.5. The number of nitriles is 1. The van der Waals surface area contributed by atoms with Gasteiger partial charge in [-0.1, -0.05) is 30.3 Å². The summed E-state index contributed by atoms with van der Waals surface area (Å²) < 4.78 is 0. The van der Waals surface area contributed by atoms with Crippen molar-refractivity contribution in [2.75, 3.05) is 32.0 Å². The SMILES string of the molecule is CN(Cc1ccccc1)C1CCCN(CC(=O)Nc2sc3c(c2C#N)CCCC3)CC1. The maximum atomic E-state index is 12.8. The molecular formula is C25H32N4OS. The van der Waals surface area contributed by atoms with E-state index in [1.807, 2.05) is 0 Å². The highest BCUT2D eigenvalue weighted by Crippen LogP contribution is 2.37. The monoisotopic (exact) mass is 436 g/mol. The van der Waals surface area contributed by atoms with Gasteiger partial charge in [-0.15, -0.1) is 11.3 Å². The minimum absolute atomic E-state index is 0.00573. The summed E-state index contributed by atoms with van der Waals surface area (Å²) >= 11 is 1.61. The number of fused-ring (bicyclic) bond motifs is 1. The van der Waals surface area contributed by atoms with Gasteiger partial charge in [0.25, 0.3) is 0 Å². The van der Waals surface area contributed by atoms with Crippen LogP contribution in [0.1, 0.15) is 53.7 Å². The van der Waals surface area contributed by atoms with E-state index in [0.29, 0.717) is 18.2 Å². The first-order valence-corrected chi connectivity index (χ1v) is 12.3. The maximum absolute atomic E-state index is 12.8. The summed E-state index contributed by atoms with van der Waals surface area (Å²) in [6.45, 7) is 3.26. The second kappa shape index (κ2) is 10.4. The van der Waals surface area contributed by atoms with Crippen LogP contribution in [0, 0.1) is 11.3 Å². The number of carbonyl (C=O) groups is 1. The van der Waals surface area contributed by atoms with Gasteiger partial charge in [0.2, 0.25) is 5.91 Å². The van der Waals surface area contributed by atoms with E-state index in [-0.39, 0.29) is 5.91 Å². The zero-order valence-corrected chi connectivity index (χ0v) is 19.2. The van der Waals surface area contributed by atoms with Gasteiger partial charge in [-0.25, -0.2) is 0 Å². The van der Waals surface area contributed by atoms with Crippen molar-refractivity contribution in [3.8, 4) is 6.07 Å². The van der Waals surface area contributed by atoms with Gasteiger partial charge in [-0.05, 0) is 69.7 Å². The summed E-state index contributed by atoms with van der Waals surface area (Å²) in [6, 6.07) is 13.5. The molecule has 1 amide bonds. The molecular weight excluding hydrogens is 404 g/mol. The minimum Gasteiger partial charge on any atom is -0.315 e. The fourth-order valence-corrected chi connectivity index (χ4v) is 6.14. The lowest BCUT2D eigenvalue weighted by Gasteiger charge is -2.27. The highest BCUT2D eigenvalue weighted by atomic mass is 32.1. The first kappa shape index (κ1) is 22.0. The van der Waals surface area contributed by atoms with Gasteiger partial charge in [0, 0.05) is 24.0 Å². The Morgan fingerprint density at radius 2 is 2.00 bits per heavy atom. The van der Waals surface area contributed by atoms with E-state index in [1.165, 1.54) is 22.4 Å². The Morgan fingerprint density at radius 1 is 1.19 bits per heavy atom. The largest absolute Gasteiger partial charge is 0.315 e. The molecule has 6 heteroatoms. The summed E-state index contributed by atoms with van der Waals surface area (Å²) in [7, 11) is 2.21. The fraction of sp³-hybridized carbons (Fsp3) is 0.520. The molecule has 0 bridgehead atoms. The van der Waals surface area contributed by atoms with E-state index in [4.69, 9.17) is 0 Å². The molecule has 1 fully saturated rings. The highest BCUT2D eigenvalue weighted by Gasteiger charge is 2.24. The molecule has 1 aromatic heterocycles. The van der Waals surface area contributed by atoms with Crippen molar-refractivity contribution in [2.45, 2.75) is 57.5 Å². The van der Waals surface area contributed by atoms with Crippen LogP contribution in [0.2, 0.25) is 0 Å². The Hall–Kier alpha value is -2.20. The zero-order valence-electron chi connectivity index (χ0n) is 18.4. The Kier molecular flexibility index (Phi) is 7.39. The molecule has 31 heavy (non-hydrogen) atoms. The van der Waals surface area contributed by atoms with Crippen LogP contribution in [0.3, 0.4) is 0 Å². The Bertz CT molecular complexity index is 933. The smallest absolute Gasteiger partial charge is 0.239 e. The van der Waals surface area contributed by atoms with Gasteiger partial charge in [0.1, 0.15) is 11.1 Å². The van der Waals surface area contributed by atoms with E-state index in [2.05, 4.69) is 58.6 Å². The third kappa shape index (κ3) is 5.54. The summed E-state index contributed by atoms with van der Waals surface area (Å²) in [4.78, 5) is 18.8. The van der Waals surface area contributed by atoms with E-state index < -0.39 is 0 Å². The number of likely N-dealkylation sites (tertiary alicyclic amines) is 1. The quantitative estimate of drug-likeness (QED) is 0.728. The van der Waals surface area contributed by atoms with Gasteiger partial charge in [0.15, 0.2) is 0 Å². The van der Waals surface area contributed by atoms with Gasteiger partial charge in [0.05, 0.1) is 12.1 Å². The van der Waals surface area contributed by atoms with Gasteiger partial charge >= 0.3 is 0 Å². The molecule has 1 unspecified atom stereocenters. The summed E-state index contributed by atoms with van der Waals surface area (Å²) in [5, 5.41) is 13.4. The third-order valence-electron chi connectivity index (χ3n) is 6.59. The van der Waals surface area contributed by atoms with Crippen molar-refractivity contribution in [3.63, 3.8) is 0 Å². The minimum atomic E-state index is 0.00573. The van der Waals surface area contributed by atoms with E-state index in [0.717, 1.165) is 63.2 Å². The van der Waals surface area contributed by atoms with Crippen LogP contribution in [0.15, 0.2) is 30.3 Å². The van der Waals surface area contributed by atoms with Crippen molar-refractivity contribution >= 4 is 22.2 Å². The molecule has 2 heterocycles. The fourth-order valence-electron chi connectivity index (χ4n) is 4.88. The maximum Gasteiger partial charge on any atom is 0.239 e. The second-order valence-corrected chi connectivity index (χ2v) is 9.94.